The molecule has 0 saturated carbocycles. The molecule has 0 saturated heterocycles. The first kappa shape index (κ1) is 12.5. The lowest BCUT2D eigenvalue weighted by Crippen LogP contribution is -2.04. The van der Waals surface area contributed by atoms with Crippen molar-refractivity contribution >= 4 is 5.90 Å². The number of hydrogen-bond donors (Lipinski definition) is 1. The summed E-state index contributed by atoms with van der Waals surface area (Å²) in [5.74, 6) is 0.563. The van der Waals surface area contributed by atoms with Crippen LogP contribution in [0.4, 0.5) is 0 Å². The first-order chi connectivity index (χ1) is 6.79. The number of rotatable bonds is 2. The van der Waals surface area contributed by atoms with Crippen molar-refractivity contribution in [2.45, 2.75) is 20.8 Å². The first-order valence-corrected chi connectivity index (χ1v) is 4.66. The van der Waals surface area contributed by atoms with E-state index in [4.69, 9.17) is 4.74 Å². The molecule has 0 unspecified atom stereocenters. The monoisotopic (exact) mass is 194 g/mol. The topological polar surface area (TPSA) is 37.4 Å². The zero-order chi connectivity index (χ0) is 11.0. The van der Waals surface area contributed by atoms with Crippen LogP contribution in [0.2, 0.25) is 0 Å². The maximum atomic E-state index is 5.06. The van der Waals surface area contributed by atoms with Crippen LogP contribution >= 0.6 is 0 Å². The van der Waals surface area contributed by atoms with Gasteiger partial charge in [0, 0.05) is 12.4 Å². The van der Waals surface area contributed by atoms with Crippen LogP contribution in [0.3, 0.4) is 0 Å². The third-order valence-electron chi connectivity index (χ3n) is 1.57. The lowest BCUT2D eigenvalue weighted by atomic mass is 10.3. The molecule has 1 aromatic rings. The predicted molar refractivity (Wildman–Crippen MR) is 60.6 cm³/mol. The molecule has 0 bridgehead atoms. The summed E-state index contributed by atoms with van der Waals surface area (Å²) in [6, 6.07) is 1.97. The molecule has 0 aromatic carbocycles. The zero-order valence-corrected chi connectivity index (χ0v) is 9.29. The highest BCUT2D eigenvalue weighted by Gasteiger charge is 2.06. The van der Waals surface area contributed by atoms with Gasteiger partial charge in [-0.1, -0.05) is 20.4 Å². The number of nitrogens with one attached hydrogen (secondary N) is 1. The van der Waals surface area contributed by atoms with Gasteiger partial charge in [-0.05, 0) is 18.6 Å². The summed E-state index contributed by atoms with van der Waals surface area (Å²) in [4.78, 5) is 7.01. The standard InChI is InChI=1S/C9H12N2O.C2H6/c1-4-10-9(12-3)8-7(2)5-6-11-8;1-2/h4-6,11H,1H2,2-3H3;1-2H3. The van der Waals surface area contributed by atoms with Gasteiger partial charge in [-0.2, -0.15) is 0 Å². The summed E-state index contributed by atoms with van der Waals surface area (Å²) in [6.45, 7) is 9.50. The van der Waals surface area contributed by atoms with Crippen LogP contribution in [0.25, 0.3) is 0 Å². The normalized spacial score (nSPS) is 10.1. The number of ether oxygens (including phenoxy) is 1. The highest BCUT2D eigenvalue weighted by molar-refractivity contribution is 5.93. The largest absolute Gasteiger partial charge is 0.480 e. The van der Waals surface area contributed by atoms with Crippen LogP contribution in [-0.2, 0) is 4.74 Å². The minimum Gasteiger partial charge on any atom is -0.480 e. The third-order valence-corrected chi connectivity index (χ3v) is 1.57. The fourth-order valence-corrected chi connectivity index (χ4v) is 0.980. The van der Waals surface area contributed by atoms with Crippen LogP contribution in [0.15, 0.2) is 30.0 Å². The molecule has 1 rings (SSSR count). The third kappa shape index (κ3) is 3.09. The van der Waals surface area contributed by atoms with Crippen molar-refractivity contribution in [2.75, 3.05) is 7.11 Å². The molecule has 1 heterocycles. The lowest BCUT2D eigenvalue weighted by Gasteiger charge is -2.01. The number of aromatic nitrogens is 1. The van der Waals surface area contributed by atoms with E-state index in [9.17, 15) is 0 Å². The number of aryl methyl sites for hydroxylation is 1. The van der Waals surface area contributed by atoms with Gasteiger partial charge in [0.05, 0.1) is 7.11 Å². The molecule has 0 fully saturated rings. The molecule has 0 atom stereocenters. The second kappa shape index (κ2) is 6.95. The van der Waals surface area contributed by atoms with Crippen molar-refractivity contribution in [1.29, 1.82) is 0 Å². The number of methoxy groups -OCH3 is 1. The van der Waals surface area contributed by atoms with Gasteiger partial charge in [-0.15, -0.1) is 0 Å². The fourth-order valence-electron chi connectivity index (χ4n) is 0.980. The predicted octanol–water partition coefficient (Wildman–Crippen LogP) is 2.89. The van der Waals surface area contributed by atoms with Crippen molar-refractivity contribution in [2.24, 2.45) is 4.99 Å². The maximum Gasteiger partial charge on any atom is 0.237 e. The van der Waals surface area contributed by atoms with E-state index in [2.05, 4.69) is 16.6 Å². The summed E-state index contributed by atoms with van der Waals surface area (Å²) in [6.07, 6.45) is 3.31. The Kier molecular flexibility index (Phi) is 6.20. The summed E-state index contributed by atoms with van der Waals surface area (Å²) < 4.78 is 5.06. The van der Waals surface area contributed by atoms with Crippen molar-refractivity contribution < 1.29 is 4.74 Å². The van der Waals surface area contributed by atoms with Crippen LogP contribution in [0.5, 0.6) is 0 Å². The average Bonchev–Trinajstić information content (AvgIpc) is 2.64. The van der Waals surface area contributed by atoms with Crippen molar-refractivity contribution in [1.82, 2.24) is 4.98 Å². The van der Waals surface area contributed by atoms with Crippen LogP contribution in [-0.4, -0.2) is 18.0 Å². The summed E-state index contributed by atoms with van der Waals surface area (Å²) in [7, 11) is 1.59. The van der Waals surface area contributed by atoms with E-state index in [1.807, 2.05) is 33.0 Å². The Bertz CT molecular complexity index is 300. The van der Waals surface area contributed by atoms with Gasteiger partial charge in [0.25, 0.3) is 0 Å². The highest BCUT2D eigenvalue weighted by atomic mass is 16.5. The van der Waals surface area contributed by atoms with Gasteiger partial charge in [-0.25, -0.2) is 4.99 Å². The molecule has 3 nitrogen and oxygen atoms in total. The molecule has 78 valence electrons. The SMILES string of the molecule is C=CN=C(OC)c1[nH]ccc1C.CC. The molecule has 0 aliphatic carbocycles. The number of nitrogens with zero attached hydrogens (tertiary/aromatic N) is 1. The van der Waals surface area contributed by atoms with E-state index in [1.54, 1.807) is 7.11 Å². The van der Waals surface area contributed by atoms with Crippen molar-refractivity contribution in [3.05, 3.63) is 36.3 Å². The van der Waals surface area contributed by atoms with Crippen molar-refractivity contribution in [3.8, 4) is 0 Å². The number of aliphatic imine (C=N–C) groups is 1. The Balaban J connectivity index is 0.000000791. The maximum absolute atomic E-state index is 5.06. The van der Waals surface area contributed by atoms with Gasteiger partial charge < -0.3 is 9.72 Å². The Morgan fingerprint density at radius 3 is 2.57 bits per heavy atom. The summed E-state index contributed by atoms with van der Waals surface area (Å²) >= 11 is 0. The van der Waals surface area contributed by atoms with Gasteiger partial charge in [0.1, 0.15) is 5.69 Å². The lowest BCUT2D eigenvalue weighted by molar-refractivity contribution is 0.403. The molecular weight excluding hydrogens is 176 g/mol. The van der Waals surface area contributed by atoms with E-state index >= 15 is 0 Å². The number of hydrogen-bond acceptors (Lipinski definition) is 2. The average molecular weight is 194 g/mol. The van der Waals surface area contributed by atoms with E-state index in [-0.39, 0.29) is 0 Å². The number of H-pyrrole nitrogens is 1. The molecule has 0 radical (unpaired) electrons. The molecule has 0 amide bonds. The van der Waals surface area contributed by atoms with Crippen LogP contribution < -0.4 is 0 Å². The Morgan fingerprint density at radius 1 is 1.57 bits per heavy atom. The zero-order valence-electron chi connectivity index (χ0n) is 9.29. The second-order valence-electron chi connectivity index (χ2n) is 2.36. The van der Waals surface area contributed by atoms with E-state index in [0.717, 1.165) is 11.3 Å². The van der Waals surface area contributed by atoms with Crippen LogP contribution in [0.1, 0.15) is 25.1 Å². The molecule has 0 aliphatic heterocycles. The van der Waals surface area contributed by atoms with Crippen molar-refractivity contribution in [3.63, 3.8) is 0 Å². The van der Waals surface area contributed by atoms with Gasteiger partial charge in [0.15, 0.2) is 0 Å². The Morgan fingerprint density at radius 2 is 2.21 bits per heavy atom. The Hall–Kier alpha value is -1.51. The highest BCUT2D eigenvalue weighted by Crippen LogP contribution is 2.06. The van der Waals surface area contributed by atoms with Gasteiger partial charge in [-0.3, -0.25) is 0 Å². The molecule has 0 spiro atoms. The molecular formula is C11H18N2O. The van der Waals surface area contributed by atoms with Gasteiger partial charge in [0.2, 0.25) is 5.90 Å². The second-order valence-corrected chi connectivity index (χ2v) is 2.36. The minimum atomic E-state index is 0.563. The summed E-state index contributed by atoms with van der Waals surface area (Å²) in [5.41, 5.74) is 2.01. The number of aromatic amines is 1. The first-order valence-electron chi connectivity index (χ1n) is 4.66. The molecule has 0 aliphatic rings. The van der Waals surface area contributed by atoms with E-state index < -0.39 is 0 Å². The summed E-state index contributed by atoms with van der Waals surface area (Å²) in [5, 5.41) is 0. The van der Waals surface area contributed by atoms with E-state index in [1.165, 1.54) is 6.20 Å². The minimum absolute atomic E-state index is 0.563. The molecule has 1 N–H and O–H groups in total. The van der Waals surface area contributed by atoms with E-state index in [0.29, 0.717) is 5.90 Å². The molecule has 3 heteroatoms. The molecule has 1 aromatic heterocycles. The fraction of sp³-hybridized carbons (Fsp3) is 0.364. The van der Waals surface area contributed by atoms with Crippen LogP contribution in [0, 0.1) is 6.92 Å². The van der Waals surface area contributed by atoms with Gasteiger partial charge >= 0.3 is 0 Å². The Labute approximate surface area is 85.5 Å². The smallest absolute Gasteiger partial charge is 0.237 e. The quantitative estimate of drug-likeness (QED) is 0.570. The molecule has 14 heavy (non-hydrogen) atoms.